The van der Waals surface area contributed by atoms with E-state index in [1.807, 2.05) is 19.1 Å². The van der Waals surface area contributed by atoms with E-state index in [1.54, 1.807) is 0 Å². The third kappa shape index (κ3) is 3.21. The van der Waals surface area contributed by atoms with Crippen LogP contribution in [0.5, 0.6) is 0 Å². The van der Waals surface area contributed by atoms with Crippen LogP contribution in [0, 0.1) is 0 Å². The minimum absolute atomic E-state index is 0.483. The molecule has 0 spiro atoms. The standard InChI is InChI=1S/C13H19BrN2O/c1-13(17)5-7-16(8-6-13)9-10-3-2-4-11(15)12(10)14/h2-4,17H,5-9,15H2,1H3. The highest BCUT2D eigenvalue weighted by molar-refractivity contribution is 9.10. The largest absolute Gasteiger partial charge is 0.398 e. The summed E-state index contributed by atoms with van der Waals surface area (Å²) in [5, 5.41) is 9.90. The Bertz CT molecular complexity index is 396. The van der Waals surface area contributed by atoms with Crippen LogP contribution in [0.2, 0.25) is 0 Å². The zero-order valence-corrected chi connectivity index (χ0v) is 11.7. The predicted molar refractivity (Wildman–Crippen MR) is 73.7 cm³/mol. The van der Waals surface area contributed by atoms with Crippen molar-refractivity contribution in [2.45, 2.75) is 31.9 Å². The quantitative estimate of drug-likeness (QED) is 0.824. The fourth-order valence-electron chi connectivity index (χ4n) is 2.16. The summed E-state index contributed by atoms with van der Waals surface area (Å²) < 4.78 is 0.998. The molecule has 0 aromatic heterocycles. The first kappa shape index (κ1) is 12.9. The van der Waals surface area contributed by atoms with Gasteiger partial charge in [-0.15, -0.1) is 0 Å². The van der Waals surface area contributed by atoms with Gasteiger partial charge >= 0.3 is 0 Å². The number of hydrogen-bond donors (Lipinski definition) is 2. The molecule has 4 heteroatoms. The summed E-state index contributed by atoms with van der Waals surface area (Å²) in [6.45, 7) is 4.69. The van der Waals surface area contributed by atoms with Crippen LogP contribution >= 0.6 is 15.9 Å². The predicted octanol–water partition coefficient (Wildman–Crippen LogP) is 2.38. The van der Waals surface area contributed by atoms with Crippen LogP contribution in [0.15, 0.2) is 22.7 Å². The van der Waals surface area contributed by atoms with Crippen LogP contribution in [-0.4, -0.2) is 28.7 Å². The molecule has 17 heavy (non-hydrogen) atoms. The van der Waals surface area contributed by atoms with Gasteiger partial charge in [-0.3, -0.25) is 4.90 Å². The summed E-state index contributed by atoms with van der Waals surface area (Å²) in [7, 11) is 0. The van der Waals surface area contributed by atoms with E-state index in [0.29, 0.717) is 0 Å². The molecular formula is C13H19BrN2O. The van der Waals surface area contributed by atoms with Gasteiger partial charge in [-0.1, -0.05) is 12.1 Å². The van der Waals surface area contributed by atoms with Crippen LogP contribution < -0.4 is 5.73 Å². The number of aliphatic hydroxyl groups is 1. The number of likely N-dealkylation sites (tertiary alicyclic amines) is 1. The van der Waals surface area contributed by atoms with Crippen molar-refractivity contribution >= 4 is 21.6 Å². The molecule has 1 aliphatic heterocycles. The first-order valence-corrected chi connectivity index (χ1v) is 6.75. The van der Waals surface area contributed by atoms with Crippen molar-refractivity contribution in [2.24, 2.45) is 0 Å². The normalized spacial score (nSPS) is 20.4. The van der Waals surface area contributed by atoms with Crippen LogP contribution in [-0.2, 0) is 6.54 Å². The van der Waals surface area contributed by atoms with Gasteiger partial charge in [0.15, 0.2) is 0 Å². The van der Waals surface area contributed by atoms with Gasteiger partial charge in [0, 0.05) is 29.8 Å². The van der Waals surface area contributed by atoms with E-state index in [2.05, 4.69) is 26.9 Å². The zero-order chi connectivity index (χ0) is 12.5. The Hall–Kier alpha value is -0.580. The number of piperidine rings is 1. The molecule has 0 aliphatic carbocycles. The maximum absolute atomic E-state index is 9.90. The number of nitrogen functional groups attached to an aromatic ring is 1. The Kier molecular flexibility index (Phi) is 3.76. The molecule has 1 heterocycles. The number of nitrogens with two attached hydrogens (primary N) is 1. The monoisotopic (exact) mass is 298 g/mol. The van der Waals surface area contributed by atoms with Gasteiger partial charge in [-0.2, -0.15) is 0 Å². The highest BCUT2D eigenvalue weighted by atomic mass is 79.9. The van der Waals surface area contributed by atoms with E-state index >= 15 is 0 Å². The second kappa shape index (κ2) is 4.96. The molecule has 1 aromatic carbocycles. The van der Waals surface area contributed by atoms with Crippen LogP contribution in [0.3, 0.4) is 0 Å². The molecule has 1 aromatic rings. The van der Waals surface area contributed by atoms with E-state index in [-0.39, 0.29) is 0 Å². The lowest BCUT2D eigenvalue weighted by Crippen LogP contribution is -2.42. The number of rotatable bonds is 2. The van der Waals surface area contributed by atoms with Gasteiger partial charge in [0.2, 0.25) is 0 Å². The van der Waals surface area contributed by atoms with Crippen molar-refractivity contribution in [3.05, 3.63) is 28.2 Å². The molecule has 0 amide bonds. The van der Waals surface area contributed by atoms with Crippen molar-refractivity contribution in [2.75, 3.05) is 18.8 Å². The Morgan fingerprint density at radius 2 is 2.06 bits per heavy atom. The van der Waals surface area contributed by atoms with E-state index in [1.165, 1.54) is 5.56 Å². The lowest BCUT2D eigenvalue weighted by molar-refractivity contribution is -0.00734. The van der Waals surface area contributed by atoms with Gasteiger partial charge in [-0.05, 0) is 47.3 Å². The van der Waals surface area contributed by atoms with Gasteiger partial charge in [-0.25, -0.2) is 0 Å². The summed E-state index contributed by atoms with van der Waals surface area (Å²) in [6, 6.07) is 5.97. The third-order valence-electron chi connectivity index (χ3n) is 3.44. The van der Waals surface area contributed by atoms with Crippen molar-refractivity contribution in [1.82, 2.24) is 4.90 Å². The molecule has 0 bridgehead atoms. The Morgan fingerprint density at radius 3 is 2.71 bits per heavy atom. The molecule has 2 rings (SSSR count). The maximum Gasteiger partial charge on any atom is 0.0644 e. The molecule has 0 radical (unpaired) electrons. The summed E-state index contributed by atoms with van der Waals surface area (Å²) in [6.07, 6.45) is 1.68. The molecule has 1 fully saturated rings. The lowest BCUT2D eigenvalue weighted by atomic mass is 9.93. The number of benzene rings is 1. The molecular weight excluding hydrogens is 280 g/mol. The molecule has 3 nitrogen and oxygen atoms in total. The van der Waals surface area contributed by atoms with Crippen molar-refractivity contribution in [1.29, 1.82) is 0 Å². The molecule has 3 N–H and O–H groups in total. The lowest BCUT2D eigenvalue weighted by Gasteiger charge is -2.35. The smallest absolute Gasteiger partial charge is 0.0644 e. The molecule has 1 saturated heterocycles. The first-order chi connectivity index (χ1) is 7.98. The zero-order valence-electron chi connectivity index (χ0n) is 10.1. The fraction of sp³-hybridized carbons (Fsp3) is 0.538. The van der Waals surface area contributed by atoms with E-state index in [0.717, 1.165) is 42.6 Å². The Balaban J connectivity index is 2.00. The SMILES string of the molecule is CC1(O)CCN(Cc2cccc(N)c2Br)CC1. The van der Waals surface area contributed by atoms with Gasteiger partial charge in [0.25, 0.3) is 0 Å². The first-order valence-electron chi connectivity index (χ1n) is 5.95. The minimum atomic E-state index is -0.483. The average molecular weight is 299 g/mol. The number of halogens is 1. The highest BCUT2D eigenvalue weighted by Crippen LogP contribution is 2.27. The summed E-state index contributed by atoms with van der Waals surface area (Å²) in [5.41, 5.74) is 7.38. The highest BCUT2D eigenvalue weighted by Gasteiger charge is 2.27. The van der Waals surface area contributed by atoms with Crippen molar-refractivity contribution in [3.8, 4) is 0 Å². The number of nitrogens with zero attached hydrogens (tertiary/aromatic N) is 1. The Labute approximate surface area is 111 Å². The second-order valence-corrected chi connectivity index (χ2v) is 5.89. The maximum atomic E-state index is 9.90. The van der Waals surface area contributed by atoms with E-state index < -0.39 is 5.60 Å². The third-order valence-corrected chi connectivity index (χ3v) is 4.40. The van der Waals surface area contributed by atoms with Gasteiger partial charge in [0.1, 0.15) is 0 Å². The van der Waals surface area contributed by atoms with E-state index in [9.17, 15) is 5.11 Å². The molecule has 0 saturated carbocycles. The molecule has 1 aliphatic rings. The molecule has 94 valence electrons. The Morgan fingerprint density at radius 1 is 1.41 bits per heavy atom. The average Bonchev–Trinajstić information content (AvgIpc) is 2.27. The van der Waals surface area contributed by atoms with Crippen molar-refractivity contribution < 1.29 is 5.11 Å². The van der Waals surface area contributed by atoms with Crippen LogP contribution in [0.1, 0.15) is 25.3 Å². The minimum Gasteiger partial charge on any atom is -0.398 e. The topological polar surface area (TPSA) is 49.5 Å². The number of hydrogen-bond acceptors (Lipinski definition) is 3. The summed E-state index contributed by atoms with van der Waals surface area (Å²) in [4.78, 5) is 2.36. The molecule has 0 atom stereocenters. The van der Waals surface area contributed by atoms with Crippen LogP contribution in [0.25, 0.3) is 0 Å². The summed E-state index contributed by atoms with van der Waals surface area (Å²) >= 11 is 3.53. The van der Waals surface area contributed by atoms with E-state index in [4.69, 9.17) is 5.73 Å². The molecule has 0 unspecified atom stereocenters. The van der Waals surface area contributed by atoms with Gasteiger partial charge < -0.3 is 10.8 Å². The van der Waals surface area contributed by atoms with Gasteiger partial charge in [0.05, 0.1) is 5.60 Å². The summed E-state index contributed by atoms with van der Waals surface area (Å²) in [5.74, 6) is 0. The van der Waals surface area contributed by atoms with Crippen molar-refractivity contribution in [3.63, 3.8) is 0 Å². The number of anilines is 1. The second-order valence-electron chi connectivity index (χ2n) is 5.09. The fourth-order valence-corrected chi connectivity index (χ4v) is 2.55. The van der Waals surface area contributed by atoms with Crippen LogP contribution in [0.4, 0.5) is 5.69 Å².